The zero-order valence-electron chi connectivity index (χ0n) is 13.5. The lowest BCUT2D eigenvalue weighted by atomic mass is 10.1. The van der Waals surface area contributed by atoms with E-state index in [4.69, 9.17) is 0 Å². The van der Waals surface area contributed by atoms with Crippen molar-refractivity contribution in [1.82, 2.24) is 10.6 Å². The van der Waals surface area contributed by atoms with Gasteiger partial charge in [0.25, 0.3) is 0 Å². The third-order valence-corrected chi connectivity index (χ3v) is 5.57. The van der Waals surface area contributed by atoms with Crippen molar-refractivity contribution in [2.24, 2.45) is 0 Å². The van der Waals surface area contributed by atoms with Crippen molar-refractivity contribution >= 4 is 30.1 Å². The number of aryl methyl sites for hydroxylation is 1. The Morgan fingerprint density at radius 3 is 2.45 bits per heavy atom. The molecule has 1 aromatic rings. The molecule has 1 aromatic carbocycles. The van der Waals surface area contributed by atoms with Gasteiger partial charge in [-0.05, 0) is 38.9 Å². The Morgan fingerprint density at radius 1 is 1.23 bits per heavy atom. The number of carbonyl (C=O) groups excluding carboxylic acids is 1. The van der Waals surface area contributed by atoms with Gasteiger partial charge in [0, 0.05) is 29.2 Å². The summed E-state index contributed by atoms with van der Waals surface area (Å²) in [5, 5.41) is 6.15. The minimum atomic E-state index is 0. The summed E-state index contributed by atoms with van der Waals surface area (Å²) >= 11 is 1.94. The van der Waals surface area contributed by atoms with Crippen molar-refractivity contribution in [1.29, 1.82) is 0 Å². The molecule has 1 amide bonds. The van der Waals surface area contributed by atoms with Crippen LogP contribution in [-0.4, -0.2) is 30.8 Å². The molecule has 5 heteroatoms. The second-order valence-electron chi connectivity index (χ2n) is 5.94. The molecule has 2 N–H and O–H groups in total. The minimum absolute atomic E-state index is 0. The maximum Gasteiger partial charge on any atom is 0.221 e. The summed E-state index contributed by atoms with van der Waals surface area (Å²) in [5.74, 6) is 0.153. The highest BCUT2D eigenvalue weighted by molar-refractivity contribution is 8.00. The summed E-state index contributed by atoms with van der Waals surface area (Å²) in [6.07, 6.45) is 5.48. The van der Waals surface area contributed by atoms with Crippen LogP contribution < -0.4 is 10.6 Å². The number of carbonyl (C=O) groups is 1. The topological polar surface area (TPSA) is 41.1 Å². The Morgan fingerprint density at radius 2 is 1.86 bits per heavy atom. The second kappa shape index (κ2) is 9.43. The molecule has 0 unspecified atom stereocenters. The van der Waals surface area contributed by atoms with Crippen molar-refractivity contribution in [3.8, 4) is 0 Å². The van der Waals surface area contributed by atoms with Crippen molar-refractivity contribution in [2.45, 2.75) is 48.7 Å². The SMILES string of the molecule is CNCCC(=O)NCC1(Sc2ccc(C)cc2)CCCC1.Cl. The average molecular weight is 343 g/mol. The summed E-state index contributed by atoms with van der Waals surface area (Å²) in [4.78, 5) is 13.1. The highest BCUT2D eigenvalue weighted by Gasteiger charge is 2.35. The van der Waals surface area contributed by atoms with Crippen LogP contribution in [0.2, 0.25) is 0 Å². The summed E-state index contributed by atoms with van der Waals surface area (Å²) in [6.45, 7) is 3.64. The van der Waals surface area contributed by atoms with Crippen molar-refractivity contribution < 1.29 is 4.79 Å². The van der Waals surface area contributed by atoms with Gasteiger partial charge in [-0.1, -0.05) is 30.5 Å². The zero-order chi connectivity index (χ0) is 15.1. The number of amides is 1. The fourth-order valence-corrected chi connectivity index (χ4v) is 4.19. The predicted octanol–water partition coefficient (Wildman–Crippen LogP) is 3.55. The van der Waals surface area contributed by atoms with Crippen LogP contribution in [0.4, 0.5) is 0 Å². The molecule has 1 saturated carbocycles. The highest BCUT2D eigenvalue weighted by Crippen LogP contribution is 2.44. The van der Waals surface area contributed by atoms with E-state index in [1.165, 1.54) is 36.1 Å². The smallest absolute Gasteiger partial charge is 0.221 e. The van der Waals surface area contributed by atoms with Crippen LogP contribution in [0.1, 0.15) is 37.7 Å². The first-order valence-electron chi connectivity index (χ1n) is 7.81. The van der Waals surface area contributed by atoms with Gasteiger partial charge in [-0.15, -0.1) is 24.2 Å². The van der Waals surface area contributed by atoms with Gasteiger partial charge in [-0.2, -0.15) is 0 Å². The molecule has 0 spiro atoms. The van der Waals surface area contributed by atoms with Crippen LogP contribution in [0.3, 0.4) is 0 Å². The lowest BCUT2D eigenvalue weighted by Crippen LogP contribution is -2.39. The van der Waals surface area contributed by atoms with Crippen molar-refractivity contribution in [3.05, 3.63) is 29.8 Å². The molecule has 0 atom stereocenters. The van der Waals surface area contributed by atoms with Gasteiger partial charge >= 0.3 is 0 Å². The first kappa shape index (κ1) is 19.3. The van der Waals surface area contributed by atoms with Gasteiger partial charge < -0.3 is 10.6 Å². The molecule has 0 aromatic heterocycles. The zero-order valence-corrected chi connectivity index (χ0v) is 15.1. The van der Waals surface area contributed by atoms with Crippen LogP contribution in [0.15, 0.2) is 29.2 Å². The average Bonchev–Trinajstić information content (AvgIpc) is 2.94. The second-order valence-corrected chi connectivity index (χ2v) is 7.48. The summed E-state index contributed by atoms with van der Waals surface area (Å²) in [5.41, 5.74) is 1.29. The molecule has 124 valence electrons. The van der Waals surface area contributed by atoms with E-state index in [0.717, 1.165) is 13.1 Å². The molecular formula is C17H27ClN2OS. The number of hydrogen-bond donors (Lipinski definition) is 2. The number of benzene rings is 1. The summed E-state index contributed by atoms with van der Waals surface area (Å²) in [6, 6.07) is 8.72. The third-order valence-electron chi connectivity index (χ3n) is 4.08. The highest BCUT2D eigenvalue weighted by atomic mass is 35.5. The normalized spacial score (nSPS) is 16.1. The lowest BCUT2D eigenvalue weighted by Gasteiger charge is -2.28. The summed E-state index contributed by atoms with van der Waals surface area (Å²) in [7, 11) is 1.87. The molecule has 0 heterocycles. The Labute approximate surface area is 144 Å². The van der Waals surface area contributed by atoms with E-state index in [9.17, 15) is 4.79 Å². The van der Waals surface area contributed by atoms with E-state index < -0.39 is 0 Å². The molecule has 2 rings (SSSR count). The molecule has 1 fully saturated rings. The Balaban J connectivity index is 0.00000242. The Bertz CT molecular complexity index is 458. The van der Waals surface area contributed by atoms with Crippen molar-refractivity contribution in [2.75, 3.05) is 20.1 Å². The molecule has 0 aliphatic heterocycles. The number of halogens is 1. The number of hydrogen-bond acceptors (Lipinski definition) is 3. The van der Waals surface area contributed by atoms with Crippen LogP contribution in [0, 0.1) is 6.92 Å². The number of nitrogens with one attached hydrogen (secondary N) is 2. The monoisotopic (exact) mass is 342 g/mol. The van der Waals surface area contributed by atoms with Crippen LogP contribution in [0.5, 0.6) is 0 Å². The van der Waals surface area contributed by atoms with Crippen LogP contribution in [0.25, 0.3) is 0 Å². The Hall–Kier alpha value is -0.710. The maximum absolute atomic E-state index is 11.8. The fourth-order valence-electron chi connectivity index (χ4n) is 2.78. The largest absolute Gasteiger partial charge is 0.355 e. The third kappa shape index (κ3) is 5.82. The number of rotatable bonds is 7. The lowest BCUT2D eigenvalue weighted by molar-refractivity contribution is -0.121. The van der Waals surface area contributed by atoms with Gasteiger partial charge in [0.05, 0.1) is 0 Å². The summed E-state index contributed by atoms with van der Waals surface area (Å²) < 4.78 is 0.185. The van der Waals surface area contributed by atoms with Gasteiger partial charge in [0.2, 0.25) is 5.91 Å². The molecule has 0 radical (unpaired) electrons. The number of thioether (sulfide) groups is 1. The first-order valence-corrected chi connectivity index (χ1v) is 8.62. The quantitative estimate of drug-likeness (QED) is 0.796. The van der Waals surface area contributed by atoms with E-state index in [0.29, 0.717) is 6.42 Å². The molecule has 1 aliphatic rings. The molecule has 3 nitrogen and oxygen atoms in total. The van der Waals surface area contributed by atoms with E-state index in [1.807, 2.05) is 18.8 Å². The molecule has 1 aliphatic carbocycles. The van der Waals surface area contributed by atoms with Gasteiger partial charge in [-0.25, -0.2) is 0 Å². The van der Waals surface area contributed by atoms with Crippen LogP contribution in [-0.2, 0) is 4.79 Å². The predicted molar refractivity (Wildman–Crippen MR) is 97.0 cm³/mol. The Kier molecular flexibility index (Phi) is 8.29. The molecule has 22 heavy (non-hydrogen) atoms. The molecule has 0 saturated heterocycles. The fraction of sp³-hybridized carbons (Fsp3) is 0.588. The minimum Gasteiger partial charge on any atom is -0.355 e. The van der Waals surface area contributed by atoms with E-state index in [2.05, 4.69) is 41.8 Å². The van der Waals surface area contributed by atoms with E-state index >= 15 is 0 Å². The maximum atomic E-state index is 11.8. The van der Waals surface area contributed by atoms with Crippen molar-refractivity contribution in [3.63, 3.8) is 0 Å². The van der Waals surface area contributed by atoms with Gasteiger partial charge in [0.1, 0.15) is 0 Å². The standard InChI is InChI=1S/C17H26N2OS.ClH/c1-14-5-7-15(8-6-14)21-17(10-3-4-11-17)13-19-16(20)9-12-18-2;/h5-8,18H,3-4,9-13H2,1-2H3,(H,19,20);1H. The van der Waals surface area contributed by atoms with Gasteiger partial charge in [0.15, 0.2) is 0 Å². The molecule has 0 bridgehead atoms. The van der Waals surface area contributed by atoms with E-state index in [-0.39, 0.29) is 23.1 Å². The van der Waals surface area contributed by atoms with E-state index in [1.54, 1.807) is 0 Å². The van der Waals surface area contributed by atoms with Gasteiger partial charge in [-0.3, -0.25) is 4.79 Å². The van der Waals surface area contributed by atoms with Crippen LogP contribution >= 0.6 is 24.2 Å². The first-order chi connectivity index (χ1) is 10.1. The molecular weight excluding hydrogens is 316 g/mol.